The molecule has 0 saturated heterocycles. The van der Waals surface area contributed by atoms with Crippen LogP contribution < -0.4 is 11.5 Å². The van der Waals surface area contributed by atoms with Gasteiger partial charge in [0, 0.05) is 16.7 Å². The first-order chi connectivity index (χ1) is 11.9. The van der Waals surface area contributed by atoms with Gasteiger partial charge in [0.2, 0.25) is 0 Å². The molecule has 3 aromatic heterocycles. The predicted molar refractivity (Wildman–Crippen MR) is 92.7 cm³/mol. The van der Waals surface area contributed by atoms with Gasteiger partial charge < -0.3 is 19.9 Å². The van der Waals surface area contributed by atoms with Crippen LogP contribution in [0.2, 0.25) is 0 Å². The van der Waals surface area contributed by atoms with E-state index in [1.165, 1.54) is 0 Å². The molecule has 0 aliphatic carbocycles. The predicted octanol–water partition coefficient (Wildman–Crippen LogP) is 2.59. The Balaban J connectivity index is 2.15. The summed E-state index contributed by atoms with van der Waals surface area (Å²) in [4.78, 5) is 14.9. The molecule has 8 heteroatoms. The highest BCUT2D eigenvalue weighted by Gasteiger charge is 2.21. The van der Waals surface area contributed by atoms with Crippen molar-refractivity contribution in [1.29, 1.82) is 0 Å². The van der Waals surface area contributed by atoms with Gasteiger partial charge in [-0.3, -0.25) is 0 Å². The van der Waals surface area contributed by atoms with Crippen molar-refractivity contribution in [3.05, 3.63) is 45.5 Å². The zero-order chi connectivity index (χ0) is 17.9. The summed E-state index contributed by atoms with van der Waals surface area (Å²) in [5.74, 6) is 7.29. The molecule has 0 unspecified atom stereocenters. The lowest BCUT2D eigenvalue weighted by molar-refractivity contribution is 0.393. The summed E-state index contributed by atoms with van der Waals surface area (Å²) < 4.78 is 11.7. The molecule has 0 bridgehead atoms. The van der Waals surface area contributed by atoms with Crippen LogP contribution in [0.3, 0.4) is 0 Å². The SMILES string of the molecule is Cc1noc(C)c1-c1cc(-c2c(C)noc2C)c2[nH]c(=O)n(N)c2c1. The number of aromatic nitrogens is 4. The molecule has 0 spiro atoms. The van der Waals surface area contributed by atoms with Crippen molar-refractivity contribution in [2.24, 2.45) is 0 Å². The normalized spacial score (nSPS) is 11.5. The summed E-state index contributed by atoms with van der Waals surface area (Å²) in [5.41, 5.74) is 5.70. The van der Waals surface area contributed by atoms with E-state index in [9.17, 15) is 4.79 Å². The van der Waals surface area contributed by atoms with Crippen LogP contribution in [0.5, 0.6) is 0 Å². The molecule has 0 aliphatic rings. The van der Waals surface area contributed by atoms with E-state index < -0.39 is 0 Å². The average molecular weight is 339 g/mol. The van der Waals surface area contributed by atoms with Gasteiger partial charge in [0.15, 0.2) is 0 Å². The van der Waals surface area contributed by atoms with Crippen molar-refractivity contribution in [2.45, 2.75) is 27.7 Å². The molecule has 3 N–H and O–H groups in total. The maximum atomic E-state index is 12.1. The van der Waals surface area contributed by atoms with Gasteiger partial charge in [-0.15, -0.1) is 0 Å². The molecule has 8 nitrogen and oxygen atoms in total. The van der Waals surface area contributed by atoms with E-state index in [2.05, 4.69) is 15.3 Å². The third-order valence-electron chi connectivity index (χ3n) is 4.45. The molecule has 25 heavy (non-hydrogen) atoms. The largest absolute Gasteiger partial charge is 0.361 e. The Morgan fingerprint density at radius 2 is 1.60 bits per heavy atom. The Morgan fingerprint density at radius 3 is 2.16 bits per heavy atom. The third kappa shape index (κ3) is 2.10. The molecule has 0 fully saturated rings. The van der Waals surface area contributed by atoms with E-state index in [4.69, 9.17) is 14.9 Å². The first-order valence-electron chi connectivity index (χ1n) is 7.78. The first kappa shape index (κ1) is 15.3. The molecule has 0 radical (unpaired) electrons. The monoisotopic (exact) mass is 339 g/mol. The smallest absolute Gasteiger partial charge is 0.344 e. The van der Waals surface area contributed by atoms with Crippen LogP contribution in [0, 0.1) is 27.7 Å². The number of rotatable bonds is 2. The Hall–Kier alpha value is -3.29. The Bertz CT molecular complexity index is 1140. The van der Waals surface area contributed by atoms with Gasteiger partial charge in [0.25, 0.3) is 0 Å². The molecule has 4 aromatic rings. The molecular weight excluding hydrogens is 322 g/mol. The van der Waals surface area contributed by atoms with E-state index in [1.54, 1.807) is 0 Å². The standard InChI is InChI=1S/C17H17N5O3/c1-7-14(9(3)24-20-7)11-5-12(15-8(2)21-25-10(15)4)16-13(6-11)22(18)17(23)19-16/h5-6H,18H2,1-4H3,(H,19,23). The number of H-pyrrole nitrogens is 1. The zero-order valence-electron chi connectivity index (χ0n) is 14.3. The summed E-state index contributed by atoms with van der Waals surface area (Å²) in [5, 5.41) is 8.03. The lowest BCUT2D eigenvalue weighted by Crippen LogP contribution is -2.23. The Kier molecular flexibility index (Phi) is 3.11. The van der Waals surface area contributed by atoms with Gasteiger partial charge in [-0.1, -0.05) is 10.3 Å². The quantitative estimate of drug-likeness (QED) is 0.542. The van der Waals surface area contributed by atoms with E-state index in [1.807, 2.05) is 39.8 Å². The van der Waals surface area contributed by atoms with Crippen LogP contribution >= 0.6 is 0 Å². The molecule has 1 aromatic carbocycles. The van der Waals surface area contributed by atoms with Crippen molar-refractivity contribution in [2.75, 3.05) is 5.84 Å². The minimum Gasteiger partial charge on any atom is -0.361 e. The number of aromatic amines is 1. The van der Waals surface area contributed by atoms with Crippen molar-refractivity contribution < 1.29 is 9.05 Å². The van der Waals surface area contributed by atoms with Gasteiger partial charge in [-0.05, 0) is 45.4 Å². The van der Waals surface area contributed by atoms with Gasteiger partial charge in [-0.2, -0.15) is 0 Å². The molecule has 0 atom stereocenters. The lowest BCUT2D eigenvalue weighted by Gasteiger charge is -2.08. The van der Waals surface area contributed by atoms with E-state index in [0.717, 1.165) is 38.3 Å². The number of nitrogens with one attached hydrogen (secondary N) is 1. The topological polar surface area (TPSA) is 116 Å². The second-order valence-electron chi connectivity index (χ2n) is 6.12. The van der Waals surface area contributed by atoms with Gasteiger partial charge in [0.05, 0.1) is 22.4 Å². The van der Waals surface area contributed by atoms with Crippen molar-refractivity contribution in [3.8, 4) is 22.3 Å². The fourth-order valence-corrected chi connectivity index (χ4v) is 3.33. The molecule has 0 saturated carbocycles. The van der Waals surface area contributed by atoms with E-state index in [-0.39, 0.29) is 5.69 Å². The van der Waals surface area contributed by atoms with Crippen molar-refractivity contribution >= 4 is 11.0 Å². The number of hydrogen-bond donors (Lipinski definition) is 2. The fraction of sp³-hybridized carbons (Fsp3) is 0.235. The van der Waals surface area contributed by atoms with Crippen LogP contribution in [0.1, 0.15) is 22.9 Å². The van der Waals surface area contributed by atoms with Crippen LogP contribution in [0.25, 0.3) is 33.3 Å². The number of aryl methyl sites for hydroxylation is 4. The highest BCUT2D eigenvalue weighted by atomic mass is 16.5. The third-order valence-corrected chi connectivity index (χ3v) is 4.45. The lowest BCUT2D eigenvalue weighted by atomic mass is 9.96. The molecule has 3 heterocycles. The summed E-state index contributed by atoms with van der Waals surface area (Å²) in [6.07, 6.45) is 0. The Morgan fingerprint density at radius 1 is 1.00 bits per heavy atom. The maximum Gasteiger partial charge on any atom is 0.344 e. The summed E-state index contributed by atoms with van der Waals surface area (Å²) in [6, 6.07) is 3.82. The number of nitrogens with two attached hydrogens (primary N) is 1. The highest BCUT2D eigenvalue weighted by molar-refractivity contribution is 5.97. The fourth-order valence-electron chi connectivity index (χ4n) is 3.33. The van der Waals surface area contributed by atoms with E-state index in [0.29, 0.717) is 22.6 Å². The van der Waals surface area contributed by atoms with Crippen LogP contribution in [0.4, 0.5) is 0 Å². The first-order valence-corrected chi connectivity index (χ1v) is 7.78. The number of hydrogen-bond acceptors (Lipinski definition) is 6. The maximum absolute atomic E-state index is 12.1. The number of nitrogens with zero attached hydrogens (tertiary/aromatic N) is 3. The van der Waals surface area contributed by atoms with Crippen LogP contribution in [-0.4, -0.2) is 20.0 Å². The Labute approximate surface area is 142 Å². The summed E-state index contributed by atoms with van der Waals surface area (Å²) >= 11 is 0. The summed E-state index contributed by atoms with van der Waals surface area (Å²) in [7, 11) is 0. The van der Waals surface area contributed by atoms with Crippen molar-refractivity contribution in [3.63, 3.8) is 0 Å². The zero-order valence-corrected chi connectivity index (χ0v) is 14.3. The van der Waals surface area contributed by atoms with Gasteiger partial charge in [-0.25, -0.2) is 9.47 Å². The van der Waals surface area contributed by atoms with Gasteiger partial charge >= 0.3 is 5.69 Å². The van der Waals surface area contributed by atoms with Gasteiger partial charge in [0.1, 0.15) is 11.5 Å². The van der Waals surface area contributed by atoms with Crippen LogP contribution in [-0.2, 0) is 0 Å². The molecule has 4 rings (SSSR count). The number of imidazole rings is 1. The number of benzene rings is 1. The minimum atomic E-state index is -0.390. The van der Waals surface area contributed by atoms with Crippen LogP contribution in [0.15, 0.2) is 26.0 Å². The second kappa shape index (κ2) is 5.10. The van der Waals surface area contributed by atoms with Crippen molar-refractivity contribution in [1.82, 2.24) is 20.0 Å². The number of fused-ring (bicyclic) bond motifs is 1. The summed E-state index contributed by atoms with van der Waals surface area (Å²) in [6.45, 7) is 7.42. The minimum absolute atomic E-state index is 0.390. The van der Waals surface area contributed by atoms with E-state index >= 15 is 0 Å². The number of nitrogen functional groups attached to an aromatic ring is 1. The second-order valence-corrected chi connectivity index (χ2v) is 6.12. The molecule has 0 amide bonds. The molecular formula is C17H17N5O3. The highest BCUT2D eigenvalue weighted by Crippen LogP contribution is 2.37. The average Bonchev–Trinajstić information content (AvgIpc) is 3.17. The molecule has 128 valence electrons. The molecule has 0 aliphatic heterocycles.